The number of thiazole rings is 1. The zero-order valence-electron chi connectivity index (χ0n) is 18.3. The molecule has 4 N–H and O–H groups in total. The number of oxime groups is 1. The molecule has 2 aliphatic rings. The summed E-state index contributed by atoms with van der Waals surface area (Å²) in [5, 5.41) is 16.7. The van der Waals surface area contributed by atoms with Crippen molar-refractivity contribution in [1.29, 1.82) is 0 Å². The number of aromatic nitrogens is 1. The lowest BCUT2D eigenvalue weighted by atomic mass is 10.0. The molecule has 3 heterocycles. The smallest absolute Gasteiger partial charge is 0.354 e. The summed E-state index contributed by atoms with van der Waals surface area (Å²) in [6.45, 7) is 4.41. The fraction of sp³-hybridized carbons (Fsp3) is 0.474. The lowest BCUT2D eigenvalue weighted by molar-refractivity contribution is -0.161. The van der Waals surface area contributed by atoms with Crippen molar-refractivity contribution < 1.29 is 33.9 Å². The van der Waals surface area contributed by atoms with Crippen LogP contribution in [0.4, 0.5) is 5.13 Å². The van der Waals surface area contributed by atoms with Gasteiger partial charge in [-0.05, 0) is 25.8 Å². The first kappa shape index (κ1) is 24.5. The highest BCUT2D eigenvalue weighted by molar-refractivity contribution is 8.00. The van der Waals surface area contributed by atoms with Gasteiger partial charge in [-0.2, -0.15) is 0 Å². The molecule has 0 aliphatic carbocycles. The Kier molecular flexibility index (Phi) is 6.97. The Morgan fingerprint density at radius 3 is 2.67 bits per heavy atom. The van der Waals surface area contributed by atoms with Crippen LogP contribution < -0.4 is 11.1 Å². The van der Waals surface area contributed by atoms with Crippen LogP contribution in [0.25, 0.3) is 0 Å². The number of nitrogens with two attached hydrogens (primary N) is 1. The van der Waals surface area contributed by atoms with Crippen LogP contribution >= 0.6 is 23.1 Å². The number of thioether (sulfide) groups is 1. The fourth-order valence-electron chi connectivity index (χ4n) is 3.05. The Hall–Kier alpha value is -3.13. The standard InChI is InChI=1S/C19H23N5O7S2/c1-5-8-6-32-15-11(14(26)24(15)12(8)16(27)30-4)22-13(25)10(9-7-33-18(20)21-9)23-31-19(2,3)17(28)29/h7,11,15H,5-6H2,1-4H3,(H2,20,21)(H,22,25)(H,28,29)/b23-10-/t11-,15-/m1/s1. The minimum Gasteiger partial charge on any atom is -0.478 e. The molecule has 178 valence electrons. The number of nitrogen functional groups attached to an aromatic ring is 1. The number of rotatable bonds is 8. The summed E-state index contributed by atoms with van der Waals surface area (Å²) in [7, 11) is 1.24. The van der Waals surface area contributed by atoms with Crippen LogP contribution in [0.5, 0.6) is 0 Å². The number of nitrogens with zero attached hydrogens (tertiary/aromatic N) is 3. The topological polar surface area (TPSA) is 174 Å². The predicted octanol–water partition coefficient (Wildman–Crippen LogP) is 0.546. The Labute approximate surface area is 197 Å². The number of anilines is 1. The van der Waals surface area contributed by atoms with Gasteiger partial charge in [-0.3, -0.25) is 14.5 Å². The fourth-order valence-corrected chi connectivity index (χ4v) is 5.04. The lowest BCUT2D eigenvalue weighted by Gasteiger charge is -2.49. The maximum atomic E-state index is 13.0. The van der Waals surface area contributed by atoms with Crippen LogP contribution in [0.2, 0.25) is 0 Å². The van der Waals surface area contributed by atoms with Gasteiger partial charge in [-0.15, -0.1) is 23.1 Å². The van der Waals surface area contributed by atoms with Crippen molar-refractivity contribution in [2.75, 3.05) is 18.6 Å². The largest absolute Gasteiger partial charge is 0.478 e. The average Bonchev–Trinajstić information content (AvgIpc) is 3.21. The van der Waals surface area contributed by atoms with Crippen molar-refractivity contribution >= 4 is 57.7 Å². The van der Waals surface area contributed by atoms with E-state index >= 15 is 0 Å². The Balaban J connectivity index is 1.84. The van der Waals surface area contributed by atoms with Crippen molar-refractivity contribution in [3.8, 4) is 0 Å². The Bertz CT molecular complexity index is 1060. The Morgan fingerprint density at radius 2 is 2.12 bits per heavy atom. The van der Waals surface area contributed by atoms with Crippen LogP contribution in [0.1, 0.15) is 32.9 Å². The molecule has 1 aromatic rings. The second-order valence-corrected chi connectivity index (χ2v) is 9.57. The van der Waals surface area contributed by atoms with Crippen LogP contribution in [0.15, 0.2) is 21.8 Å². The highest BCUT2D eigenvalue weighted by atomic mass is 32.2. The summed E-state index contributed by atoms with van der Waals surface area (Å²) in [6, 6.07) is -0.936. The molecule has 14 heteroatoms. The summed E-state index contributed by atoms with van der Waals surface area (Å²) >= 11 is 2.46. The molecule has 0 unspecified atom stereocenters. The molecule has 12 nitrogen and oxygen atoms in total. The predicted molar refractivity (Wildman–Crippen MR) is 120 cm³/mol. The van der Waals surface area contributed by atoms with E-state index in [1.54, 1.807) is 0 Å². The van der Waals surface area contributed by atoms with Gasteiger partial charge in [0, 0.05) is 11.1 Å². The van der Waals surface area contributed by atoms with Gasteiger partial charge in [0.25, 0.3) is 11.8 Å². The van der Waals surface area contributed by atoms with Crippen molar-refractivity contribution in [1.82, 2.24) is 15.2 Å². The third kappa shape index (κ3) is 4.66. The minimum absolute atomic E-state index is 0.0690. The summed E-state index contributed by atoms with van der Waals surface area (Å²) in [5.74, 6) is -2.68. The van der Waals surface area contributed by atoms with E-state index in [2.05, 4.69) is 15.5 Å². The molecule has 0 saturated carbocycles. The van der Waals surface area contributed by atoms with E-state index in [0.717, 1.165) is 16.9 Å². The highest BCUT2D eigenvalue weighted by Gasteiger charge is 2.54. The normalized spacial score (nSPS) is 20.7. The second-order valence-electron chi connectivity index (χ2n) is 7.58. The number of carboxylic acids is 1. The van der Waals surface area contributed by atoms with Crippen LogP contribution in [0, 0.1) is 0 Å². The first-order chi connectivity index (χ1) is 15.5. The average molecular weight is 498 g/mol. The van der Waals surface area contributed by atoms with E-state index in [1.165, 1.54) is 43.0 Å². The van der Waals surface area contributed by atoms with E-state index in [9.17, 15) is 24.3 Å². The number of nitrogens with one attached hydrogen (secondary N) is 1. The molecule has 1 fully saturated rings. The molecule has 2 aliphatic heterocycles. The first-order valence-electron chi connectivity index (χ1n) is 9.78. The number of amides is 2. The zero-order valence-corrected chi connectivity index (χ0v) is 19.9. The van der Waals surface area contributed by atoms with Gasteiger partial charge in [0.05, 0.1) is 7.11 Å². The van der Waals surface area contributed by atoms with Crippen molar-refractivity contribution in [2.45, 2.75) is 44.2 Å². The number of hydrogen-bond acceptors (Lipinski definition) is 11. The monoisotopic (exact) mass is 497 g/mol. The molecule has 0 radical (unpaired) electrons. The number of carboxylic acid groups (broad SMARTS) is 1. The summed E-state index contributed by atoms with van der Waals surface area (Å²) < 4.78 is 4.83. The number of aliphatic carboxylic acids is 1. The number of carbonyl (C=O) groups excluding carboxylic acids is 3. The molecular weight excluding hydrogens is 474 g/mol. The highest BCUT2D eigenvalue weighted by Crippen LogP contribution is 2.41. The molecule has 0 spiro atoms. The van der Waals surface area contributed by atoms with Crippen molar-refractivity contribution in [2.24, 2.45) is 5.16 Å². The first-order valence-corrected chi connectivity index (χ1v) is 11.7. The van der Waals surface area contributed by atoms with E-state index < -0.39 is 40.8 Å². The number of β-lactam (4-membered cyclic amide) rings is 1. The lowest BCUT2D eigenvalue weighted by Crippen LogP contribution is -2.71. The molecular formula is C19H23N5O7S2. The van der Waals surface area contributed by atoms with Crippen molar-refractivity contribution in [3.63, 3.8) is 0 Å². The summed E-state index contributed by atoms with van der Waals surface area (Å²) in [6.07, 6.45) is 0.573. The second kappa shape index (κ2) is 9.39. The maximum absolute atomic E-state index is 13.0. The van der Waals surface area contributed by atoms with Gasteiger partial charge in [-0.1, -0.05) is 12.1 Å². The van der Waals surface area contributed by atoms with E-state index in [-0.39, 0.29) is 22.2 Å². The SMILES string of the molecule is CCC1=C(C(=O)OC)N2C(=O)[C@@H](NC(=O)/C(=N\OC(C)(C)C(=O)O)c3csc(N)n3)[C@H]2SC1. The third-order valence-electron chi connectivity index (χ3n) is 5.00. The van der Waals surface area contributed by atoms with Gasteiger partial charge in [0.2, 0.25) is 5.60 Å². The number of esters is 1. The van der Waals surface area contributed by atoms with Crippen LogP contribution in [-0.2, 0) is 28.8 Å². The van der Waals surface area contributed by atoms with E-state index in [1.807, 2.05) is 6.92 Å². The van der Waals surface area contributed by atoms with Gasteiger partial charge < -0.3 is 25.7 Å². The number of ether oxygens (including phenoxy) is 1. The molecule has 33 heavy (non-hydrogen) atoms. The number of methoxy groups -OCH3 is 1. The van der Waals surface area contributed by atoms with Gasteiger partial charge in [-0.25, -0.2) is 14.6 Å². The minimum atomic E-state index is -1.72. The van der Waals surface area contributed by atoms with Gasteiger partial charge in [0.15, 0.2) is 10.8 Å². The third-order valence-corrected chi connectivity index (χ3v) is 7.01. The maximum Gasteiger partial charge on any atom is 0.354 e. The molecule has 2 atom stereocenters. The van der Waals surface area contributed by atoms with Gasteiger partial charge in [0.1, 0.15) is 22.8 Å². The molecule has 1 aromatic heterocycles. The zero-order chi connectivity index (χ0) is 24.5. The molecule has 1 saturated heterocycles. The number of fused-ring (bicyclic) bond motifs is 1. The number of carbonyl (C=O) groups is 4. The summed E-state index contributed by atoms with van der Waals surface area (Å²) in [5.41, 5.74) is 4.66. The van der Waals surface area contributed by atoms with E-state index in [0.29, 0.717) is 12.2 Å². The number of hydrogen-bond donors (Lipinski definition) is 3. The Morgan fingerprint density at radius 1 is 1.42 bits per heavy atom. The van der Waals surface area contributed by atoms with Gasteiger partial charge >= 0.3 is 11.9 Å². The van der Waals surface area contributed by atoms with E-state index in [4.69, 9.17) is 15.3 Å². The quantitative estimate of drug-likeness (QED) is 0.199. The van der Waals surface area contributed by atoms with Crippen molar-refractivity contribution in [3.05, 3.63) is 22.3 Å². The molecule has 3 rings (SSSR count). The summed E-state index contributed by atoms with van der Waals surface area (Å²) in [4.78, 5) is 59.9. The molecule has 2 amide bonds. The van der Waals surface area contributed by atoms with Crippen LogP contribution in [-0.4, -0.2) is 74.3 Å². The molecule has 0 aromatic carbocycles. The van der Waals surface area contributed by atoms with Crippen LogP contribution in [0.3, 0.4) is 0 Å². The molecule has 0 bridgehead atoms.